The second-order valence-electron chi connectivity index (χ2n) is 5.34. The van der Waals surface area contributed by atoms with Crippen LogP contribution in [0.15, 0.2) is 48.6 Å². The van der Waals surface area contributed by atoms with Crippen LogP contribution in [0.5, 0.6) is 0 Å². The number of hydrogen-bond acceptors (Lipinski definition) is 0. The van der Waals surface area contributed by atoms with Crippen molar-refractivity contribution < 1.29 is 0 Å². The fourth-order valence-electron chi connectivity index (χ4n) is 2.06. The lowest BCUT2D eigenvalue weighted by atomic mass is 9.97. The van der Waals surface area contributed by atoms with E-state index in [-0.39, 0.29) is 0 Å². The van der Waals surface area contributed by atoms with Crippen molar-refractivity contribution in [3.8, 4) is 0 Å². The molecule has 0 aromatic heterocycles. The first-order valence-corrected chi connectivity index (χ1v) is 7.04. The van der Waals surface area contributed by atoms with E-state index in [4.69, 9.17) is 0 Å². The summed E-state index contributed by atoms with van der Waals surface area (Å²) in [5, 5.41) is 0. The minimum Gasteiger partial charge on any atom is -0.100 e. The van der Waals surface area contributed by atoms with Crippen molar-refractivity contribution in [1.82, 2.24) is 0 Å². The van der Waals surface area contributed by atoms with Crippen LogP contribution >= 0.6 is 0 Å². The summed E-state index contributed by atoms with van der Waals surface area (Å²) in [5.41, 5.74) is 2.61. The van der Waals surface area contributed by atoms with Crippen LogP contribution < -0.4 is 0 Å². The standard InChI is InChI=1S/C18H26/c1-16(2)10-9-12-17(3)11-7-8-15-18-13-5-4-6-14-18/h4-6,8,13-15,17H,1,7,9-12H2,2-3H3. The van der Waals surface area contributed by atoms with E-state index < -0.39 is 0 Å². The fraction of sp³-hybridized carbons (Fsp3) is 0.444. The highest BCUT2D eigenvalue weighted by atomic mass is 14.1. The van der Waals surface area contributed by atoms with E-state index >= 15 is 0 Å². The first-order chi connectivity index (χ1) is 8.68. The third-order valence-electron chi connectivity index (χ3n) is 3.24. The van der Waals surface area contributed by atoms with Crippen molar-refractivity contribution >= 4 is 6.08 Å². The van der Waals surface area contributed by atoms with Gasteiger partial charge in [0.15, 0.2) is 0 Å². The van der Waals surface area contributed by atoms with Gasteiger partial charge in [-0.15, -0.1) is 6.58 Å². The first kappa shape index (κ1) is 14.8. The zero-order valence-corrected chi connectivity index (χ0v) is 11.9. The Bertz CT molecular complexity index is 359. The van der Waals surface area contributed by atoms with Gasteiger partial charge in [-0.05, 0) is 44.1 Å². The van der Waals surface area contributed by atoms with Gasteiger partial charge in [-0.2, -0.15) is 0 Å². The van der Waals surface area contributed by atoms with Gasteiger partial charge in [-0.25, -0.2) is 0 Å². The van der Waals surface area contributed by atoms with Gasteiger partial charge in [0.05, 0.1) is 0 Å². The van der Waals surface area contributed by atoms with E-state index in [1.165, 1.54) is 43.2 Å². The van der Waals surface area contributed by atoms with Gasteiger partial charge in [-0.3, -0.25) is 0 Å². The highest BCUT2D eigenvalue weighted by Crippen LogP contribution is 2.16. The highest BCUT2D eigenvalue weighted by Gasteiger charge is 2.00. The van der Waals surface area contributed by atoms with Gasteiger partial charge >= 0.3 is 0 Å². The zero-order chi connectivity index (χ0) is 13.2. The third kappa shape index (κ3) is 7.11. The molecule has 18 heavy (non-hydrogen) atoms. The van der Waals surface area contributed by atoms with Gasteiger partial charge in [0, 0.05) is 0 Å². The minimum atomic E-state index is 0.824. The van der Waals surface area contributed by atoms with Crippen LogP contribution in [-0.4, -0.2) is 0 Å². The van der Waals surface area contributed by atoms with Gasteiger partial charge in [-0.1, -0.05) is 61.4 Å². The molecule has 1 aromatic carbocycles. The smallest absolute Gasteiger partial charge is 0.0260 e. The van der Waals surface area contributed by atoms with Crippen molar-refractivity contribution in [1.29, 1.82) is 0 Å². The molecule has 0 saturated carbocycles. The van der Waals surface area contributed by atoms with Gasteiger partial charge < -0.3 is 0 Å². The summed E-state index contributed by atoms with van der Waals surface area (Å²) in [6, 6.07) is 10.5. The number of hydrogen-bond donors (Lipinski definition) is 0. The highest BCUT2D eigenvalue weighted by molar-refractivity contribution is 5.48. The van der Waals surface area contributed by atoms with Crippen molar-refractivity contribution in [2.45, 2.75) is 46.0 Å². The maximum Gasteiger partial charge on any atom is -0.0260 e. The predicted octanol–water partition coefficient (Wildman–Crippen LogP) is 5.86. The van der Waals surface area contributed by atoms with Crippen molar-refractivity contribution in [2.75, 3.05) is 0 Å². The SMILES string of the molecule is C=C(C)CCCC(C)CCC=Cc1ccccc1. The molecular formula is C18H26. The molecule has 0 spiro atoms. The van der Waals surface area contributed by atoms with Crippen LogP contribution in [-0.2, 0) is 0 Å². The van der Waals surface area contributed by atoms with E-state index in [2.05, 4.69) is 62.9 Å². The van der Waals surface area contributed by atoms with Crippen LogP contribution in [0.4, 0.5) is 0 Å². The van der Waals surface area contributed by atoms with Crippen LogP contribution in [0.1, 0.15) is 51.5 Å². The molecule has 0 aliphatic rings. The summed E-state index contributed by atoms with van der Waals surface area (Å²) in [5.74, 6) is 0.824. The first-order valence-electron chi connectivity index (χ1n) is 7.04. The molecule has 0 amide bonds. The molecular weight excluding hydrogens is 216 g/mol. The molecule has 98 valence electrons. The Morgan fingerprint density at radius 3 is 2.61 bits per heavy atom. The normalized spacial score (nSPS) is 12.8. The Labute approximate surface area is 112 Å². The van der Waals surface area contributed by atoms with E-state index in [1.807, 2.05) is 0 Å². The molecule has 0 fully saturated rings. The molecule has 0 bridgehead atoms. The van der Waals surface area contributed by atoms with Gasteiger partial charge in [0.2, 0.25) is 0 Å². The van der Waals surface area contributed by atoms with Gasteiger partial charge in [0.1, 0.15) is 0 Å². The van der Waals surface area contributed by atoms with E-state index in [1.54, 1.807) is 0 Å². The van der Waals surface area contributed by atoms with E-state index in [0.29, 0.717) is 0 Å². The third-order valence-corrected chi connectivity index (χ3v) is 3.24. The molecule has 0 heteroatoms. The molecule has 0 heterocycles. The van der Waals surface area contributed by atoms with Crippen LogP contribution in [0.25, 0.3) is 6.08 Å². The predicted molar refractivity (Wildman–Crippen MR) is 82.5 cm³/mol. The molecule has 0 aliphatic heterocycles. The van der Waals surface area contributed by atoms with Crippen LogP contribution in [0.3, 0.4) is 0 Å². The summed E-state index contributed by atoms with van der Waals surface area (Å²) in [6.07, 6.45) is 10.8. The molecule has 0 aliphatic carbocycles. The Hall–Kier alpha value is -1.30. The van der Waals surface area contributed by atoms with Gasteiger partial charge in [0.25, 0.3) is 0 Å². The summed E-state index contributed by atoms with van der Waals surface area (Å²) in [4.78, 5) is 0. The molecule has 0 N–H and O–H groups in total. The van der Waals surface area contributed by atoms with Crippen LogP contribution in [0, 0.1) is 5.92 Å². The topological polar surface area (TPSA) is 0 Å². The lowest BCUT2D eigenvalue weighted by Crippen LogP contribution is -1.94. The lowest BCUT2D eigenvalue weighted by molar-refractivity contribution is 0.479. The molecule has 1 atom stereocenters. The molecule has 0 saturated heterocycles. The average molecular weight is 242 g/mol. The summed E-state index contributed by atoms with van der Waals surface area (Å²) in [6.45, 7) is 8.42. The number of allylic oxidation sites excluding steroid dienone is 2. The second-order valence-corrected chi connectivity index (χ2v) is 5.34. The number of benzene rings is 1. The Morgan fingerprint density at radius 1 is 1.22 bits per heavy atom. The maximum absolute atomic E-state index is 3.95. The van der Waals surface area contributed by atoms with E-state index in [0.717, 1.165) is 5.92 Å². The molecule has 1 unspecified atom stereocenters. The van der Waals surface area contributed by atoms with Crippen molar-refractivity contribution in [3.63, 3.8) is 0 Å². The summed E-state index contributed by atoms with van der Waals surface area (Å²) >= 11 is 0. The minimum absolute atomic E-state index is 0.824. The number of rotatable bonds is 8. The quantitative estimate of drug-likeness (QED) is 0.501. The summed E-state index contributed by atoms with van der Waals surface area (Å²) in [7, 11) is 0. The molecule has 1 aromatic rings. The zero-order valence-electron chi connectivity index (χ0n) is 11.9. The molecule has 0 radical (unpaired) electrons. The monoisotopic (exact) mass is 242 g/mol. The van der Waals surface area contributed by atoms with Crippen molar-refractivity contribution in [3.05, 3.63) is 54.1 Å². The summed E-state index contributed by atoms with van der Waals surface area (Å²) < 4.78 is 0. The largest absolute Gasteiger partial charge is 0.100 e. The molecule has 1 rings (SSSR count). The van der Waals surface area contributed by atoms with E-state index in [9.17, 15) is 0 Å². The van der Waals surface area contributed by atoms with Crippen LogP contribution in [0.2, 0.25) is 0 Å². The lowest BCUT2D eigenvalue weighted by Gasteiger charge is -2.09. The second kappa shape index (κ2) is 8.74. The fourth-order valence-corrected chi connectivity index (χ4v) is 2.06. The van der Waals surface area contributed by atoms with Crippen molar-refractivity contribution in [2.24, 2.45) is 5.92 Å². The Balaban J connectivity index is 2.13. The Kier molecular flexibility index (Phi) is 7.17. The average Bonchev–Trinajstić information content (AvgIpc) is 2.35. The Morgan fingerprint density at radius 2 is 1.94 bits per heavy atom. The maximum atomic E-state index is 3.95. The molecule has 0 nitrogen and oxygen atoms in total.